The van der Waals surface area contributed by atoms with Crippen molar-refractivity contribution in [2.45, 2.75) is 57.6 Å². The molecule has 2 N–H and O–H groups in total. The van der Waals surface area contributed by atoms with Crippen LogP contribution in [0, 0.1) is 5.92 Å². The molecular weight excluding hydrogens is 314 g/mol. The molecule has 0 spiro atoms. The highest BCUT2D eigenvalue weighted by atomic mass is 79.9. The minimum Gasteiger partial charge on any atom is -0.377 e. The van der Waals surface area contributed by atoms with Gasteiger partial charge in [-0.05, 0) is 43.7 Å². The highest BCUT2D eigenvalue weighted by Crippen LogP contribution is 2.30. The maximum atomic E-state index is 6.49. The molecule has 2 atom stereocenters. The number of halogens is 1. The Hall–Kier alpha value is -0.380. The Balaban J connectivity index is 2.02. The highest BCUT2D eigenvalue weighted by molar-refractivity contribution is 9.10. The van der Waals surface area contributed by atoms with Gasteiger partial charge < -0.3 is 10.5 Å². The highest BCUT2D eigenvalue weighted by Gasteiger charge is 2.29. The summed E-state index contributed by atoms with van der Waals surface area (Å²) in [7, 11) is 0. The van der Waals surface area contributed by atoms with E-state index in [1.54, 1.807) is 0 Å². The standard InChI is InChI=1S/C17H26BrNO/c1-2-20-17(13-8-4-3-5-9-13)16(19)12-14-10-6-7-11-15(14)18/h6-7,10-11,13,16-17H,2-5,8-9,12,19H2,1H3. The van der Waals surface area contributed by atoms with Gasteiger partial charge in [0.15, 0.2) is 0 Å². The lowest BCUT2D eigenvalue weighted by Crippen LogP contribution is -2.44. The number of ether oxygens (including phenoxy) is 1. The molecule has 20 heavy (non-hydrogen) atoms. The van der Waals surface area contributed by atoms with Crippen molar-refractivity contribution in [3.05, 3.63) is 34.3 Å². The second-order valence-electron chi connectivity index (χ2n) is 5.78. The number of hydrogen-bond acceptors (Lipinski definition) is 2. The molecule has 2 unspecified atom stereocenters. The molecule has 1 aliphatic carbocycles. The van der Waals surface area contributed by atoms with Crippen molar-refractivity contribution in [2.24, 2.45) is 11.7 Å². The summed E-state index contributed by atoms with van der Waals surface area (Å²) in [4.78, 5) is 0. The maximum absolute atomic E-state index is 6.49. The van der Waals surface area contributed by atoms with Crippen LogP contribution in [-0.2, 0) is 11.2 Å². The Kier molecular flexibility index (Phi) is 6.53. The number of rotatable bonds is 6. The first-order chi connectivity index (χ1) is 9.72. The second-order valence-corrected chi connectivity index (χ2v) is 6.63. The minimum atomic E-state index is 0.0803. The monoisotopic (exact) mass is 339 g/mol. The molecule has 0 aromatic heterocycles. The lowest BCUT2D eigenvalue weighted by molar-refractivity contribution is -0.00915. The van der Waals surface area contributed by atoms with Crippen molar-refractivity contribution in [1.29, 1.82) is 0 Å². The first kappa shape index (κ1) is 16.0. The normalized spacial score (nSPS) is 19.8. The van der Waals surface area contributed by atoms with Crippen molar-refractivity contribution < 1.29 is 4.74 Å². The largest absolute Gasteiger partial charge is 0.377 e. The summed E-state index contributed by atoms with van der Waals surface area (Å²) in [5, 5.41) is 0. The summed E-state index contributed by atoms with van der Waals surface area (Å²) >= 11 is 3.61. The van der Waals surface area contributed by atoms with Gasteiger partial charge in [-0.15, -0.1) is 0 Å². The first-order valence-corrected chi connectivity index (χ1v) is 8.62. The molecule has 0 amide bonds. The molecule has 1 fully saturated rings. The smallest absolute Gasteiger partial charge is 0.0757 e. The van der Waals surface area contributed by atoms with Gasteiger partial charge in [0.1, 0.15) is 0 Å². The lowest BCUT2D eigenvalue weighted by Gasteiger charge is -2.34. The number of hydrogen-bond donors (Lipinski definition) is 1. The van der Waals surface area contributed by atoms with Crippen LogP contribution in [0.3, 0.4) is 0 Å². The zero-order chi connectivity index (χ0) is 14.4. The molecular formula is C17H26BrNO. The average Bonchev–Trinajstić information content (AvgIpc) is 2.48. The van der Waals surface area contributed by atoms with E-state index in [9.17, 15) is 0 Å². The summed E-state index contributed by atoms with van der Waals surface area (Å²) in [6.07, 6.45) is 7.65. The quantitative estimate of drug-likeness (QED) is 0.838. The Morgan fingerprint density at radius 1 is 1.25 bits per heavy atom. The number of benzene rings is 1. The van der Waals surface area contributed by atoms with Crippen LogP contribution in [-0.4, -0.2) is 18.8 Å². The molecule has 1 aromatic carbocycles. The van der Waals surface area contributed by atoms with Crippen LogP contribution in [0.5, 0.6) is 0 Å². The van der Waals surface area contributed by atoms with Crippen molar-refractivity contribution in [1.82, 2.24) is 0 Å². The van der Waals surface area contributed by atoms with E-state index in [1.807, 2.05) is 6.07 Å². The molecule has 0 radical (unpaired) electrons. The Labute approximate surface area is 131 Å². The predicted molar refractivity (Wildman–Crippen MR) is 87.8 cm³/mol. The third kappa shape index (κ3) is 4.31. The molecule has 1 aromatic rings. The van der Waals surface area contributed by atoms with E-state index in [0.29, 0.717) is 5.92 Å². The van der Waals surface area contributed by atoms with E-state index < -0.39 is 0 Å². The van der Waals surface area contributed by atoms with Gasteiger partial charge in [0.2, 0.25) is 0 Å². The molecule has 2 rings (SSSR count). The topological polar surface area (TPSA) is 35.2 Å². The van der Waals surface area contributed by atoms with Crippen LogP contribution in [0.2, 0.25) is 0 Å². The summed E-state index contributed by atoms with van der Waals surface area (Å²) < 4.78 is 7.16. The fourth-order valence-electron chi connectivity index (χ4n) is 3.30. The van der Waals surface area contributed by atoms with Gasteiger partial charge in [-0.25, -0.2) is 0 Å². The van der Waals surface area contributed by atoms with E-state index in [1.165, 1.54) is 37.7 Å². The fraction of sp³-hybridized carbons (Fsp3) is 0.647. The van der Waals surface area contributed by atoms with Gasteiger partial charge in [-0.1, -0.05) is 53.4 Å². The molecule has 0 bridgehead atoms. The molecule has 0 aliphatic heterocycles. The lowest BCUT2D eigenvalue weighted by atomic mass is 9.81. The van der Waals surface area contributed by atoms with Crippen LogP contribution in [0.4, 0.5) is 0 Å². The Morgan fingerprint density at radius 2 is 1.95 bits per heavy atom. The Bertz CT molecular complexity index is 404. The van der Waals surface area contributed by atoms with Crippen molar-refractivity contribution >= 4 is 15.9 Å². The van der Waals surface area contributed by atoms with E-state index in [2.05, 4.69) is 41.1 Å². The van der Waals surface area contributed by atoms with E-state index in [0.717, 1.165) is 17.5 Å². The van der Waals surface area contributed by atoms with E-state index >= 15 is 0 Å². The number of nitrogens with two attached hydrogens (primary N) is 1. The van der Waals surface area contributed by atoms with Crippen molar-refractivity contribution in [2.75, 3.05) is 6.61 Å². The van der Waals surface area contributed by atoms with Crippen LogP contribution in [0.1, 0.15) is 44.6 Å². The molecule has 0 saturated heterocycles. The molecule has 112 valence electrons. The molecule has 3 heteroatoms. The third-order valence-electron chi connectivity index (χ3n) is 4.31. The van der Waals surface area contributed by atoms with Crippen LogP contribution < -0.4 is 5.73 Å². The molecule has 0 heterocycles. The fourth-order valence-corrected chi connectivity index (χ4v) is 3.75. The van der Waals surface area contributed by atoms with Crippen LogP contribution in [0.15, 0.2) is 28.7 Å². The maximum Gasteiger partial charge on any atom is 0.0757 e. The summed E-state index contributed by atoms with van der Waals surface area (Å²) in [5.41, 5.74) is 7.77. The Morgan fingerprint density at radius 3 is 2.60 bits per heavy atom. The van der Waals surface area contributed by atoms with E-state index in [4.69, 9.17) is 10.5 Å². The van der Waals surface area contributed by atoms with Gasteiger partial charge in [0.05, 0.1) is 6.10 Å². The van der Waals surface area contributed by atoms with Gasteiger partial charge in [0.25, 0.3) is 0 Å². The van der Waals surface area contributed by atoms with Gasteiger partial charge in [-0.3, -0.25) is 0 Å². The minimum absolute atomic E-state index is 0.0803. The van der Waals surface area contributed by atoms with Gasteiger partial charge >= 0.3 is 0 Å². The second kappa shape index (κ2) is 8.16. The van der Waals surface area contributed by atoms with E-state index in [-0.39, 0.29) is 12.1 Å². The van der Waals surface area contributed by atoms with Crippen LogP contribution >= 0.6 is 15.9 Å². The molecule has 2 nitrogen and oxygen atoms in total. The van der Waals surface area contributed by atoms with Gasteiger partial charge in [0, 0.05) is 17.1 Å². The van der Waals surface area contributed by atoms with Crippen LogP contribution in [0.25, 0.3) is 0 Å². The predicted octanol–water partition coefficient (Wildman–Crippen LogP) is 4.30. The first-order valence-electron chi connectivity index (χ1n) is 7.83. The molecule has 1 aliphatic rings. The zero-order valence-electron chi connectivity index (χ0n) is 12.4. The van der Waals surface area contributed by atoms with Gasteiger partial charge in [-0.2, -0.15) is 0 Å². The third-order valence-corrected chi connectivity index (χ3v) is 5.08. The molecule has 1 saturated carbocycles. The SMILES string of the molecule is CCOC(C(N)Cc1ccccc1Br)C1CCCCC1. The van der Waals surface area contributed by atoms with Crippen molar-refractivity contribution in [3.63, 3.8) is 0 Å². The summed E-state index contributed by atoms with van der Waals surface area (Å²) in [6.45, 7) is 2.83. The summed E-state index contributed by atoms with van der Waals surface area (Å²) in [5.74, 6) is 0.640. The zero-order valence-corrected chi connectivity index (χ0v) is 13.9. The van der Waals surface area contributed by atoms with Crippen molar-refractivity contribution in [3.8, 4) is 0 Å². The average molecular weight is 340 g/mol. The summed E-state index contributed by atoms with van der Waals surface area (Å²) in [6, 6.07) is 8.42.